The molecule has 2 nitrogen and oxygen atoms in total. The Morgan fingerprint density at radius 1 is 1.37 bits per heavy atom. The average molecular weight is 280 g/mol. The molecule has 0 aromatic heterocycles. The maximum absolute atomic E-state index is 12.4. The number of rotatable bonds is 3. The van der Waals surface area contributed by atoms with Crippen LogP contribution < -0.4 is 0 Å². The van der Waals surface area contributed by atoms with Gasteiger partial charge in [-0.3, -0.25) is 4.79 Å². The number of likely N-dealkylation sites (tertiary alicyclic amines) is 1. The highest BCUT2D eigenvalue weighted by atomic mass is 35.5. The molecule has 1 heterocycles. The van der Waals surface area contributed by atoms with Gasteiger partial charge in [-0.2, -0.15) is 0 Å². The van der Waals surface area contributed by atoms with Gasteiger partial charge in [0.1, 0.15) is 0 Å². The fourth-order valence-electron chi connectivity index (χ4n) is 2.87. The largest absolute Gasteiger partial charge is 0.339 e. The zero-order valence-corrected chi connectivity index (χ0v) is 12.3. The number of halogens is 1. The first-order chi connectivity index (χ1) is 9.20. The maximum Gasteiger partial charge on any atom is 0.253 e. The Kier molecular flexibility index (Phi) is 5.26. The molecule has 104 valence electrons. The third-order valence-electron chi connectivity index (χ3n) is 3.90. The average Bonchev–Trinajstić information content (AvgIpc) is 2.64. The second-order valence-electron chi connectivity index (χ2n) is 5.39. The zero-order valence-electron chi connectivity index (χ0n) is 11.6. The van der Waals surface area contributed by atoms with Crippen molar-refractivity contribution < 1.29 is 4.79 Å². The van der Waals surface area contributed by atoms with Gasteiger partial charge in [0, 0.05) is 23.7 Å². The van der Waals surface area contributed by atoms with Crippen molar-refractivity contribution >= 4 is 17.5 Å². The smallest absolute Gasteiger partial charge is 0.253 e. The molecular weight excluding hydrogens is 258 g/mol. The Balaban J connectivity index is 2.00. The Labute approximate surface area is 120 Å². The predicted molar refractivity (Wildman–Crippen MR) is 79.6 cm³/mol. The van der Waals surface area contributed by atoms with E-state index in [0.717, 1.165) is 31.8 Å². The summed E-state index contributed by atoms with van der Waals surface area (Å²) in [6, 6.07) is 7.26. The molecule has 19 heavy (non-hydrogen) atoms. The van der Waals surface area contributed by atoms with Crippen molar-refractivity contribution in [3.8, 4) is 0 Å². The van der Waals surface area contributed by atoms with Gasteiger partial charge in [-0.15, -0.1) is 0 Å². The molecule has 1 saturated heterocycles. The first-order valence-electron chi connectivity index (χ1n) is 7.25. The van der Waals surface area contributed by atoms with Crippen molar-refractivity contribution in [1.82, 2.24) is 4.90 Å². The first kappa shape index (κ1) is 14.4. The van der Waals surface area contributed by atoms with Crippen LogP contribution in [0.1, 0.15) is 49.4 Å². The fraction of sp³-hybridized carbons (Fsp3) is 0.562. The lowest BCUT2D eigenvalue weighted by Crippen LogP contribution is -2.32. The molecule has 1 aromatic rings. The Hall–Kier alpha value is -1.02. The van der Waals surface area contributed by atoms with Crippen molar-refractivity contribution in [3.05, 3.63) is 34.9 Å². The van der Waals surface area contributed by atoms with E-state index in [2.05, 4.69) is 6.92 Å². The summed E-state index contributed by atoms with van der Waals surface area (Å²) >= 11 is 5.95. The highest BCUT2D eigenvalue weighted by Gasteiger charge is 2.21. The molecule has 0 aliphatic carbocycles. The van der Waals surface area contributed by atoms with Gasteiger partial charge in [-0.05, 0) is 43.4 Å². The van der Waals surface area contributed by atoms with E-state index >= 15 is 0 Å². The van der Waals surface area contributed by atoms with Gasteiger partial charge in [0.2, 0.25) is 0 Å². The van der Waals surface area contributed by atoms with E-state index in [1.54, 1.807) is 12.1 Å². The summed E-state index contributed by atoms with van der Waals surface area (Å²) in [5.74, 6) is 0.918. The van der Waals surface area contributed by atoms with Crippen LogP contribution in [0.2, 0.25) is 5.02 Å². The molecule has 1 unspecified atom stereocenters. The molecule has 0 radical (unpaired) electrons. The number of hydrogen-bond donors (Lipinski definition) is 0. The summed E-state index contributed by atoms with van der Waals surface area (Å²) in [7, 11) is 0. The van der Waals surface area contributed by atoms with E-state index in [1.807, 2.05) is 17.0 Å². The lowest BCUT2D eigenvalue weighted by atomic mass is 9.96. The van der Waals surface area contributed by atoms with Crippen molar-refractivity contribution in [1.29, 1.82) is 0 Å². The summed E-state index contributed by atoms with van der Waals surface area (Å²) < 4.78 is 0. The van der Waals surface area contributed by atoms with Crippen LogP contribution >= 0.6 is 11.6 Å². The summed E-state index contributed by atoms with van der Waals surface area (Å²) in [4.78, 5) is 14.4. The minimum Gasteiger partial charge on any atom is -0.339 e. The third-order valence-corrected chi connectivity index (χ3v) is 4.14. The van der Waals surface area contributed by atoms with Crippen LogP contribution in [0.3, 0.4) is 0 Å². The standard InChI is InChI=1S/C16H22ClNO/c1-2-5-13-6-4-10-18(11-9-13)16(19)14-7-3-8-15(17)12-14/h3,7-8,12-13H,2,4-6,9-11H2,1H3. The van der Waals surface area contributed by atoms with Gasteiger partial charge in [0.25, 0.3) is 5.91 Å². The highest BCUT2D eigenvalue weighted by Crippen LogP contribution is 2.23. The van der Waals surface area contributed by atoms with Gasteiger partial charge in [0.05, 0.1) is 0 Å². The predicted octanol–water partition coefficient (Wildman–Crippen LogP) is 4.38. The molecule has 0 spiro atoms. The second-order valence-corrected chi connectivity index (χ2v) is 5.82. The van der Waals surface area contributed by atoms with Crippen LogP contribution in [0.15, 0.2) is 24.3 Å². The van der Waals surface area contributed by atoms with Crippen molar-refractivity contribution in [3.63, 3.8) is 0 Å². The molecule has 1 amide bonds. The Bertz CT molecular complexity index is 433. The van der Waals surface area contributed by atoms with E-state index in [-0.39, 0.29) is 5.91 Å². The van der Waals surface area contributed by atoms with Gasteiger partial charge < -0.3 is 4.90 Å². The van der Waals surface area contributed by atoms with E-state index in [0.29, 0.717) is 10.6 Å². The highest BCUT2D eigenvalue weighted by molar-refractivity contribution is 6.30. The van der Waals surface area contributed by atoms with Crippen LogP contribution in [0.5, 0.6) is 0 Å². The molecule has 2 rings (SSSR count). The molecule has 0 saturated carbocycles. The number of nitrogens with zero attached hydrogens (tertiary/aromatic N) is 1. The van der Waals surface area contributed by atoms with E-state index in [1.165, 1.54) is 19.3 Å². The molecule has 0 bridgehead atoms. The number of carbonyl (C=O) groups excluding carboxylic acids is 1. The zero-order chi connectivity index (χ0) is 13.7. The molecule has 1 aliphatic heterocycles. The van der Waals surface area contributed by atoms with Crippen LogP contribution in [0.4, 0.5) is 0 Å². The normalized spacial score (nSPS) is 20.1. The SMILES string of the molecule is CCCC1CCCN(C(=O)c2cccc(Cl)c2)CC1. The van der Waals surface area contributed by atoms with Crippen LogP contribution in [0, 0.1) is 5.92 Å². The Morgan fingerprint density at radius 3 is 2.95 bits per heavy atom. The third kappa shape index (κ3) is 3.97. The number of hydrogen-bond acceptors (Lipinski definition) is 1. The van der Waals surface area contributed by atoms with E-state index in [9.17, 15) is 4.79 Å². The van der Waals surface area contributed by atoms with Crippen molar-refractivity contribution in [2.75, 3.05) is 13.1 Å². The van der Waals surface area contributed by atoms with E-state index < -0.39 is 0 Å². The van der Waals surface area contributed by atoms with E-state index in [4.69, 9.17) is 11.6 Å². The number of benzene rings is 1. The molecule has 1 aromatic carbocycles. The van der Waals surface area contributed by atoms with Gasteiger partial charge in [-0.25, -0.2) is 0 Å². The lowest BCUT2D eigenvalue weighted by Gasteiger charge is -2.20. The topological polar surface area (TPSA) is 20.3 Å². The molecular formula is C16H22ClNO. The number of amides is 1. The molecule has 1 fully saturated rings. The fourth-order valence-corrected chi connectivity index (χ4v) is 3.06. The van der Waals surface area contributed by atoms with Gasteiger partial charge in [0.15, 0.2) is 0 Å². The molecule has 0 N–H and O–H groups in total. The summed E-state index contributed by atoms with van der Waals surface area (Å²) in [6.07, 6.45) is 6.05. The van der Waals surface area contributed by atoms with Crippen molar-refractivity contribution in [2.24, 2.45) is 5.92 Å². The monoisotopic (exact) mass is 279 g/mol. The van der Waals surface area contributed by atoms with Crippen LogP contribution in [-0.4, -0.2) is 23.9 Å². The van der Waals surface area contributed by atoms with Crippen molar-refractivity contribution in [2.45, 2.75) is 39.0 Å². The molecule has 1 aliphatic rings. The minimum atomic E-state index is 0.125. The van der Waals surface area contributed by atoms with Gasteiger partial charge >= 0.3 is 0 Å². The molecule has 3 heteroatoms. The summed E-state index contributed by atoms with van der Waals surface area (Å²) in [5, 5.41) is 0.629. The van der Waals surface area contributed by atoms with Crippen LogP contribution in [-0.2, 0) is 0 Å². The van der Waals surface area contributed by atoms with Gasteiger partial charge in [-0.1, -0.05) is 37.4 Å². The summed E-state index contributed by atoms with van der Waals surface area (Å²) in [5.41, 5.74) is 0.710. The quantitative estimate of drug-likeness (QED) is 0.804. The maximum atomic E-state index is 12.4. The summed E-state index contributed by atoms with van der Waals surface area (Å²) in [6.45, 7) is 4.00. The lowest BCUT2D eigenvalue weighted by molar-refractivity contribution is 0.0760. The second kappa shape index (κ2) is 6.95. The Morgan fingerprint density at radius 2 is 2.21 bits per heavy atom. The number of carbonyl (C=O) groups is 1. The minimum absolute atomic E-state index is 0.125. The molecule has 1 atom stereocenters. The first-order valence-corrected chi connectivity index (χ1v) is 7.63. The van der Waals surface area contributed by atoms with Crippen LogP contribution in [0.25, 0.3) is 0 Å².